The summed E-state index contributed by atoms with van der Waals surface area (Å²) >= 11 is 0. The predicted molar refractivity (Wildman–Crippen MR) is 69.6 cm³/mol. The van der Waals surface area contributed by atoms with Crippen LogP contribution in [0.4, 0.5) is 0 Å². The lowest BCUT2D eigenvalue weighted by atomic mass is 10.0. The lowest BCUT2D eigenvalue weighted by Gasteiger charge is -2.13. The largest absolute Gasteiger partial charge is 0.543 e. The molecule has 100 valence electrons. The first kappa shape index (κ1) is 13.1. The Morgan fingerprint density at radius 2 is 2.05 bits per heavy atom. The van der Waals surface area contributed by atoms with Crippen LogP contribution < -0.4 is 10.4 Å². The molecule has 5 nitrogen and oxygen atoms in total. The Morgan fingerprint density at radius 3 is 2.68 bits per heavy atom. The van der Waals surface area contributed by atoms with E-state index in [1.807, 2.05) is 31.2 Å². The lowest BCUT2D eigenvalue weighted by Crippen LogP contribution is -2.33. The van der Waals surface area contributed by atoms with E-state index in [2.05, 4.69) is 10.3 Å². The molecule has 2 aromatic rings. The van der Waals surface area contributed by atoms with Crippen LogP contribution in [0.1, 0.15) is 29.9 Å². The molecule has 5 heteroatoms. The molecule has 1 atom stereocenters. The fourth-order valence-electron chi connectivity index (χ4n) is 2.29. The number of fused-ring (bicyclic) bond motifs is 1. The van der Waals surface area contributed by atoms with E-state index in [1.54, 1.807) is 0 Å². The first-order chi connectivity index (χ1) is 8.99. The first-order valence-corrected chi connectivity index (χ1v) is 6.07. The summed E-state index contributed by atoms with van der Waals surface area (Å²) in [5.74, 6) is -1.37. The van der Waals surface area contributed by atoms with Crippen molar-refractivity contribution in [2.24, 2.45) is 0 Å². The number of benzene rings is 1. The Hall–Kier alpha value is -2.30. The molecular weight excluding hydrogens is 244 g/mol. The third-order valence-corrected chi connectivity index (χ3v) is 2.98. The number of amides is 1. The van der Waals surface area contributed by atoms with Crippen molar-refractivity contribution < 1.29 is 14.7 Å². The van der Waals surface area contributed by atoms with Gasteiger partial charge in [-0.1, -0.05) is 18.2 Å². The van der Waals surface area contributed by atoms with Crippen LogP contribution in [-0.4, -0.2) is 22.9 Å². The predicted octanol–water partition coefficient (Wildman–Crippen LogP) is 0.598. The Labute approximate surface area is 110 Å². The summed E-state index contributed by atoms with van der Waals surface area (Å²) in [5, 5.41) is 14.8. The molecule has 0 saturated heterocycles. The Kier molecular flexibility index (Phi) is 3.55. The van der Waals surface area contributed by atoms with E-state index in [9.17, 15) is 14.7 Å². The molecule has 1 aromatic heterocycles. The fourth-order valence-corrected chi connectivity index (χ4v) is 2.29. The molecule has 0 aliphatic rings. The van der Waals surface area contributed by atoms with Crippen LogP contribution in [0.2, 0.25) is 0 Å². The van der Waals surface area contributed by atoms with Crippen molar-refractivity contribution in [2.45, 2.75) is 26.3 Å². The second-order valence-electron chi connectivity index (χ2n) is 4.62. The second kappa shape index (κ2) is 5.14. The van der Waals surface area contributed by atoms with Crippen LogP contribution in [-0.2, 0) is 11.2 Å². The van der Waals surface area contributed by atoms with Crippen molar-refractivity contribution in [3.63, 3.8) is 0 Å². The zero-order valence-corrected chi connectivity index (χ0v) is 10.8. The maximum atomic E-state index is 11.2. The molecule has 2 rings (SSSR count). The normalized spacial score (nSPS) is 12.3. The van der Waals surface area contributed by atoms with Gasteiger partial charge in [-0.3, -0.25) is 4.79 Å². The van der Waals surface area contributed by atoms with Crippen LogP contribution in [0.5, 0.6) is 0 Å². The minimum absolute atomic E-state index is 0.0819. The number of carboxylic acids is 1. The summed E-state index contributed by atoms with van der Waals surface area (Å²) in [6, 6.07) is 7.21. The maximum Gasteiger partial charge on any atom is 0.217 e. The quantitative estimate of drug-likeness (QED) is 0.843. The number of rotatable bonds is 4. The minimum atomic E-state index is -1.23. The summed E-state index contributed by atoms with van der Waals surface area (Å²) in [4.78, 5) is 25.0. The van der Waals surface area contributed by atoms with Gasteiger partial charge >= 0.3 is 0 Å². The van der Waals surface area contributed by atoms with Gasteiger partial charge in [0.15, 0.2) is 0 Å². The number of aromatic nitrogens is 1. The van der Waals surface area contributed by atoms with Crippen molar-refractivity contribution >= 4 is 22.8 Å². The number of aromatic amines is 1. The molecule has 0 aliphatic heterocycles. The van der Waals surface area contributed by atoms with Gasteiger partial charge < -0.3 is 20.2 Å². The maximum absolute atomic E-state index is 11.2. The lowest BCUT2D eigenvalue weighted by molar-refractivity contribution is -0.255. The molecule has 0 bridgehead atoms. The van der Waals surface area contributed by atoms with E-state index in [0.29, 0.717) is 12.0 Å². The number of hydrogen-bond acceptors (Lipinski definition) is 3. The summed E-state index contributed by atoms with van der Waals surface area (Å²) in [6.07, 6.45) is 0.437. The Morgan fingerprint density at radius 1 is 1.37 bits per heavy atom. The molecule has 0 aliphatic carbocycles. The standard InChI is InChI=1S/C14H16N2O3/c1-8(15-9(2)17)7-11-10-5-3-4-6-12(10)16-13(11)14(18)19/h3-6,8,16H,7H2,1-2H3,(H,15,17)(H,18,19)/p-1. The zero-order valence-electron chi connectivity index (χ0n) is 10.8. The summed E-state index contributed by atoms with van der Waals surface area (Å²) < 4.78 is 0. The van der Waals surface area contributed by atoms with Gasteiger partial charge in [0.25, 0.3) is 0 Å². The molecule has 1 unspecified atom stereocenters. The number of hydrogen-bond donors (Lipinski definition) is 2. The molecule has 19 heavy (non-hydrogen) atoms. The van der Waals surface area contributed by atoms with Gasteiger partial charge in [0.1, 0.15) is 0 Å². The van der Waals surface area contributed by atoms with Crippen molar-refractivity contribution in [1.82, 2.24) is 10.3 Å². The first-order valence-electron chi connectivity index (χ1n) is 6.07. The highest BCUT2D eigenvalue weighted by Gasteiger charge is 2.15. The van der Waals surface area contributed by atoms with Gasteiger partial charge in [0, 0.05) is 23.9 Å². The average Bonchev–Trinajstić information content (AvgIpc) is 2.67. The van der Waals surface area contributed by atoms with E-state index >= 15 is 0 Å². The van der Waals surface area contributed by atoms with Gasteiger partial charge in [-0.25, -0.2) is 0 Å². The third-order valence-electron chi connectivity index (χ3n) is 2.98. The fraction of sp³-hybridized carbons (Fsp3) is 0.286. The second-order valence-corrected chi connectivity index (χ2v) is 4.62. The Bertz CT molecular complexity index is 631. The molecule has 1 aromatic carbocycles. The van der Waals surface area contributed by atoms with Gasteiger partial charge in [0.05, 0.1) is 11.7 Å². The molecule has 0 radical (unpaired) electrons. The third kappa shape index (κ3) is 2.76. The van der Waals surface area contributed by atoms with E-state index < -0.39 is 5.97 Å². The van der Waals surface area contributed by atoms with E-state index in [4.69, 9.17) is 0 Å². The highest BCUT2D eigenvalue weighted by atomic mass is 16.4. The Balaban J connectivity index is 2.42. The number of nitrogens with one attached hydrogen (secondary N) is 2. The van der Waals surface area contributed by atoms with Crippen molar-refractivity contribution in [1.29, 1.82) is 0 Å². The van der Waals surface area contributed by atoms with Crippen LogP contribution in [0.25, 0.3) is 10.9 Å². The molecule has 1 amide bonds. The highest BCUT2D eigenvalue weighted by Crippen LogP contribution is 2.23. The summed E-state index contributed by atoms with van der Waals surface area (Å²) in [7, 11) is 0. The minimum Gasteiger partial charge on any atom is -0.543 e. The van der Waals surface area contributed by atoms with Crippen LogP contribution in [0.3, 0.4) is 0 Å². The van der Waals surface area contributed by atoms with E-state index in [-0.39, 0.29) is 17.6 Å². The molecule has 0 saturated carbocycles. The van der Waals surface area contributed by atoms with Gasteiger partial charge in [0.2, 0.25) is 5.91 Å². The van der Waals surface area contributed by atoms with Crippen LogP contribution in [0, 0.1) is 0 Å². The van der Waals surface area contributed by atoms with Crippen molar-refractivity contribution in [3.05, 3.63) is 35.5 Å². The molecular formula is C14H15N2O3-. The zero-order chi connectivity index (χ0) is 14.0. The number of carbonyl (C=O) groups excluding carboxylic acids is 2. The molecule has 1 heterocycles. The van der Waals surface area contributed by atoms with Gasteiger partial charge in [-0.05, 0) is 25.0 Å². The average molecular weight is 259 g/mol. The van der Waals surface area contributed by atoms with Gasteiger partial charge in [-0.15, -0.1) is 0 Å². The SMILES string of the molecule is CC(=O)NC(C)Cc1c(C(=O)[O-])[nH]c2ccccc12. The topological polar surface area (TPSA) is 85.0 Å². The number of aromatic carboxylic acids is 1. The summed E-state index contributed by atoms with van der Waals surface area (Å²) in [5.41, 5.74) is 1.50. The molecule has 2 N–H and O–H groups in total. The van der Waals surface area contributed by atoms with Crippen molar-refractivity contribution in [3.8, 4) is 0 Å². The smallest absolute Gasteiger partial charge is 0.217 e. The van der Waals surface area contributed by atoms with Gasteiger partial charge in [-0.2, -0.15) is 0 Å². The van der Waals surface area contributed by atoms with E-state index in [1.165, 1.54) is 6.92 Å². The monoisotopic (exact) mass is 259 g/mol. The molecule has 0 spiro atoms. The van der Waals surface area contributed by atoms with Crippen molar-refractivity contribution in [2.75, 3.05) is 0 Å². The van der Waals surface area contributed by atoms with E-state index in [0.717, 1.165) is 10.9 Å². The number of para-hydroxylation sites is 1. The van der Waals surface area contributed by atoms with Crippen LogP contribution in [0.15, 0.2) is 24.3 Å². The number of carbonyl (C=O) groups is 2. The number of H-pyrrole nitrogens is 1. The number of carboxylic acid groups (broad SMARTS) is 1. The molecule has 0 fully saturated rings. The summed E-state index contributed by atoms with van der Waals surface area (Å²) in [6.45, 7) is 3.27. The van der Waals surface area contributed by atoms with Crippen LogP contribution >= 0.6 is 0 Å². The highest BCUT2D eigenvalue weighted by molar-refractivity contribution is 5.96.